The summed E-state index contributed by atoms with van der Waals surface area (Å²) in [7, 11) is 3.25. The molecule has 0 spiro atoms. The first-order valence-electron chi connectivity index (χ1n) is 15.2. The molecular weight excluding hydrogens is 572 g/mol. The molecule has 2 amide bonds. The largest absolute Gasteiger partial charge is 0.497 e. The van der Waals surface area contributed by atoms with Crippen LogP contribution in [-0.2, 0) is 15.7 Å². The smallest absolute Gasteiger partial charge is 0.257 e. The quantitative estimate of drug-likeness (QED) is 0.255. The van der Waals surface area contributed by atoms with Gasteiger partial charge in [0.15, 0.2) is 0 Å². The normalized spacial score (nSPS) is 19.6. The molecular formula is C33H38N8O4. The van der Waals surface area contributed by atoms with E-state index < -0.39 is 5.54 Å². The summed E-state index contributed by atoms with van der Waals surface area (Å²) in [5, 5.41) is 14.5. The van der Waals surface area contributed by atoms with Crippen molar-refractivity contribution in [2.24, 2.45) is 0 Å². The van der Waals surface area contributed by atoms with E-state index in [1.54, 1.807) is 32.5 Å². The Bertz CT molecular complexity index is 1610. The molecule has 2 aromatic heterocycles. The van der Waals surface area contributed by atoms with Gasteiger partial charge < -0.3 is 24.6 Å². The number of amides is 2. The number of rotatable bonds is 11. The molecule has 45 heavy (non-hydrogen) atoms. The minimum Gasteiger partial charge on any atom is -0.497 e. The molecule has 2 aliphatic heterocycles. The van der Waals surface area contributed by atoms with Crippen LogP contribution in [0.1, 0.15) is 47.2 Å². The Morgan fingerprint density at radius 2 is 1.84 bits per heavy atom. The van der Waals surface area contributed by atoms with E-state index in [-0.39, 0.29) is 11.3 Å². The van der Waals surface area contributed by atoms with Crippen molar-refractivity contribution in [1.82, 2.24) is 40.3 Å². The number of carbonyl (C=O) groups excluding carboxylic acids is 2. The number of pyridine rings is 1. The van der Waals surface area contributed by atoms with Crippen LogP contribution >= 0.6 is 0 Å². The Morgan fingerprint density at radius 3 is 2.56 bits per heavy atom. The number of aromatic nitrogens is 5. The molecule has 12 heteroatoms. The molecule has 4 aromatic rings. The van der Waals surface area contributed by atoms with Crippen LogP contribution in [0.4, 0.5) is 0 Å². The van der Waals surface area contributed by atoms with Gasteiger partial charge in [0.2, 0.25) is 6.41 Å². The molecule has 0 radical (unpaired) electrons. The third kappa shape index (κ3) is 6.10. The van der Waals surface area contributed by atoms with Crippen molar-refractivity contribution in [3.8, 4) is 17.2 Å². The van der Waals surface area contributed by atoms with Gasteiger partial charge in [-0.15, -0.1) is 5.10 Å². The molecule has 1 N–H and O–H groups in total. The zero-order valence-corrected chi connectivity index (χ0v) is 25.6. The van der Waals surface area contributed by atoms with Gasteiger partial charge in [-0.3, -0.25) is 14.6 Å². The van der Waals surface area contributed by atoms with Crippen molar-refractivity contribution in [3.05, 3.63) is 90.0 Å². The second-order valence-corrected chi connectivity index (χ2v) is 11.8. The Kier molecular flexibility index (Phi) is 8.74. The highest BCUT2D eigenvalue weighted by molar-refractivity contribution is 5.97. The minimum atomic E-state index is -0.413. The Hall–Kier alpha value is -4.84. The first-order valence-corrected chi connectivity index (χ1v) is 15.2. The number of tetrazole rings is 1. The second-order valence-electron chi connectivity index (χ2n) is 11.8. The third-order valence-corrected chi connectivity index (χ3v) is 9.52. The lowest BCUT2D eigenvalue weighted by Crippen LogP contribution is -2.51. The van der Waals surface area contributed by atoms with Gasteiger partial charge in [-0.1, -0.05) is 18.2 Å². The minimum absolute atomic E-state index is 0.0919. The van der Waals surface area contributed by atoms with E-state index in [9.17, 15) is 9.59 Å². The fourth-order valence-corrected chi connectivity index (χ4v) is 6.84. The summed E-state index contributed by atoms with van der Waals surface area (Å²) < 4.78 is 12.7. The van der Waals surface area contributed by atoms with Crippen LogP contribution < -0.4 is 14.8 Å². The van der Waals surface area contributed by atoms with Crippen molar-refractivity contribution < 1.29 is 19.1 Å². The summed E-state index contributed by atoms with van der Waals surface area (Å²) in [6, 6.07) is 17.5. The summed E-state index contributed by atoms with van der Waals surface area (Å²) in [4.78, 5) is 34.3. The van der Waals surface area contributed by atoms with Crippen molar-refractivity contribution >= 4 is 12.3 Å². The molecule has 2 aliphatic rings. The Morgan fingerprint density at radius 1 is 1.00 bits per heavy atom. The molecule has 0 bridgehead atoms. The lowest BCUT2D eigenvalue weighted by Gasteiger charge is -2.42. The van der Waals surface area contributed by atoms with E-state index in [1.807, 2.05) is 41.4 Å². The van der Waals surface area contributed by atoms with Gasteiger partial charge in [-0.2, -0.15) is 0 Å². The van der Waals surface area contributed by atoms with E-state index in [2.05, 4.69) is 42.9 Å². The number of likely N-dealkylation sites (tertiary alicyclic amines) is 2. The predicted molar refractivity (Wildman–Crippen MR) is 166 cm³/mol. The van der Waals surface area contributed by atoms with Gasteiger partial charge >= 0.3 is 0 Å². The molecule has 1 atom stereocenters. The van der Waals surface area contributed by atoms with Crippen LogP contribution in [-0.4, -0.2) is 94.3 Å². The van der Waals surface area contributed by atoms with E-state index in [4.69, 9.17) is 9.47 Å². The highest BCUT2D eigenvalue weighted by atomic mass is 16.5. The molecule has 2 fully saturated rings. The van der Waals surface area contributed by atoms with E-state index in [0.717, 1.165) is 68.6 Å². The lowest BCUT2D eigenvalue weighted by atomic mass is 9.76. The van der Waals surface area contributed by atoms with Crippen LogP contribution in [0.2, 0.25) is 0 Å². The zero-order chi connectivity index (χ0) is 31.3. The maximum absolute atomic E-state index is 14.1. The molecule has 234 valence electrons. The first kappa shape index (κ1) is 30.2. The number of methoxy groups -OCH3 is 2. The second kappa shape index (κ2) is 13.0. The number of ether oxygens (including phenoxy) is 2. The van der Waals surface area contributed by atoms with Crippen molar-refractivity contribution in [3.63, 3.8) is 0 Å². The van der Waals surface area contributed by atoms with Crippen LogP contribution in [0.3, 0.4) is 0 Å². The maximum Gasteiger partial charge on any atom is 0.257 e. The summed E-state index contributed by atoms with van der Waals surface area (Å²) >= 11 is 0. The summed E-state index contributed by atoms with van der Waals surface area (Å²) in [6.07, 6.45) is 9.18. The number of benzene rings is 2. The van der Waals surface area contributed by atoms with Gasteiger partial charge in [-0.25, -0.2) is 4.68 Å². The summed E-state index contributed by atoms with van der Waals surface area (Å²) in [6.45, 7) is 3.72. The predicted octanol–water partition coefficient (Wildman–Crippen LogP) is 2.99. The molecule has 4 heterocycles. The van der Waals surface area contributed by atoms with Crippen LogP contribution in [0.5, 0.6) is 11.5 Å². The van der Waals surface area contributed by atoms with Gasteiger partial charge in [0.1, 0.15) is 17.8 Å². The lowest BCUT2D eigenvalue weighted by molar-refractivity contribution is -0.112. The maximum atomic E-state index is 14.1. The molecule has 1 unspecified atom stereocenters. The van der Waals surface area contributed by atoms with E-state index in [1.165, 1.54) is 11.0 Å². The number of nitrogens with zero attached hydrogens (tertiary/aromatic N) is 7. The molecule has 0 aliphatic carbocycles. The first-order chi connectivity index (χ1) is 22.0. The van der Waals surface area contributed by atoms with Crippen LogP contribution in [0.15, 0.2) is 73.3 Å². The monoisotopic (exact) mass is 610 g/mol. The third-order valence-electron chi connectivity index (χ3n) is 9.52. The molecule has 6 rings (SSSR count). The molecule has 12 nitrogen and oxygen atoms in total. The van der Waals surface area contributed by atoms with Crippen LogP contribution in [0, 0.1) is 0 Å². The SMILES string of the molecule is COc1cccc(C2(CCN3CCC(NC=O)(c4cccnc4)CC3)CCN(C(=O)c3cc(-n4cnnn4)ccc3OC)C2)c1. The molecule has 2 saturated heterocycles. The van der Waals surface area contributed by atoms with Crippen molar-refractivity contribution in [1.29, 1.82) is 0 Å². The molecule has 2 aromatic carbocycles. The Labute approximate surface area is 262 Å². The topological polar surface area (TPSA) is 128 Å². The number of piperidine rings is 1. The fraction of sp³-hybridized carbons (Fsp3) is 0.394. The van der Waals surface area contributed by atoms with Gasteiger partial charge in [0, 0.05) is 44.0 Å². The standard InChI is InChI=1S/C33H38N8O4/c1-44-28-7-3-5-25(19-28)32(10-15-39-16-12-33(13-17-39,35-24-42)26-6-4-14-34-21-26)11-18-40(22-32)31(43)29-20-27(8-9-30(29)45-2)41-23-36-37-38-41/h3-9,14,19-21,23-24H,10-13,15-18,22H2,1-2H3,(H,35,42). The van der Waals surface area contributed by atoms with Crippen molar-refractivity contribution in [2.45, 2.75) is 36.6 Å². The average Bonchev–Trinajstić information content (AvgIpc) is 3.80. The van der Waals surface area contributed by atoms with Crippen LogP contribution in [0.25, 0.3) is 5.69 Å². The number of carbonyl (C=O) groups is 2. The van der Waals surface area contributed by atoms with E-state index in [0.29, 0.717) is 30.1 Å². The van der Waals surface area contributed by atoms with Crippen molar-refractivity contribution in [2.75, 3.05) is 46.9 Å². The highest BCUT2D eigenvalue weighted by Crippen LogP contribution is 2.41. The number of nitrogens with one attached hydrogen (secondary N) is 1. The van der Waals surface area contributed by atoms with Gasteiger partial charge in [0.25, 0.3) is 5.91 Å². The number of hydrogen-bond donors (Lipinski definition) is 1. The fourth-order valence-electron chi connectivity index (χ4n) is 6.84. The number of hydrogen-bond acceptors (Lipinski definition) is 9. The van der Waals surface area contributed by atoms with Gasteiger partial charge in [-0.05, 0) is 90.2 Å². The average molecular weight is 611 g/mol. The molecule has 0 saturated carbocycles. The highest BCUT2D eigenvalue weighted by Gasteiger charge is 2.43. The summed E-state index contributed by atoms with van der Waals surface area (Å²) in [5.41, 5.74) is 2.68. The summed E-state index contributed by atoms with van der Waals surface area (Å²) in [5.74, 6) is 1.21. The Balaban J connectivity index is 1.22. The zero-order valence-electron chi connectivity index (χ0n) is 25.6. The van der Waals surface area contributed by atoms with E-state index >= 15 is 0 Å². The van der Waals surface area contributed by atoms with Gasteiger partial charge in [0.05, 0.1) is 31.0 Å².